The fourth-order valence-electron chi connectivity index (χ4n) is 13.2. The number of aryl methyl sites for hydroxylation is 2. The van der Waals surface area contributed by atoms with E-state index in [9.17, 15) is 57.5 Å². The summed E-state index contributed by atoms with van der Waals surface area (Å²) in [6, 6.07) is 40.0. The predicted octanol–water partition coefficient (Wildman–Crippen LogP) is 9.03. The third-order valence-electron chi connectivity index (χ3n) is 18.8. The molecule has 2 atom stereocenters. The van der Waals surface area contributed by atoms with Crippen molar-refractivity contribution in [1.82, 2.24) is 29.9 Å². The normalized spacial score (nSPS) is 15.4. The molecule has 2 aromatic heterocycles. The van der Waals surface area contributed by atoms with Gasteiger partial charge in [0.05, 0.1) is 74.9 Å². The van der Waals surface area contributed by atoms with E-state index in [1.165, 1.54) is 14.2 Å². The number of carboxylic acid groups (broad SMARTS) is 1. The molecule has 2 fully saturated rings. The molecular formula is C80H78N12O19. The first-order valence-corrected chi connectivity index (χ1v) is 35.7. The number of hydroxylamine groups is 4. The minimum atomic E-state index is -0.979. The van der Waals surface area contributed by atoms with Gasteiger partial charge in [0.15, 0.2) is 23.0 Å². The molecule has 0 saturated carbocycles. The average Bonchev–Trinajstić information content (AvgIpc) is 1.62. The maximum Gasteiger partial charge on any atom is 0.334 e. The monoisotopic (exact) mass is 1510 g/mol. The fourth-order valence-corrected chi connectivity index (χ4v) is 13.2. The van der Waals surface area contributed by atoms with Gasteiger partial charge in [-0.05, 0) is 95.8 Å². The van der Waals surface area contributed by atoms with Crippen molar-refractivity contribution in [3.05, 3.63) is 179 Å². The number of nitrogens with one attached hydrogen (secondary N) is 4. The number of hydrogen-bond donors (Lipinski definition) is 6. The zero-order chi connectivity index (χ0) is 78.6. The van der Waals surface area contributed by atoms with Crippen molar-refractivity contribution < 1.29 is 91.6 Å². The number of aliphatic imine (C=N–C) groups is 2. The van der Waals surface area contributed by atoms with E-state index in [1.54, 1.807) is 112 Å². The minimum Gasteiger partial charge on any atom is -0.493 e. The summed E-state index contributed by atoms with van der Waals surface area (Å²) >= 11 is 0. The second-order valence-electron chi connectivity index (χ2n) is 26.4. The maximum absolute atomic E-state index is 13.6. The summed E-state index contributed by atoms with van der Waals surface area (Å²) in [6.07, 6.45) is 9.81. The molecule has 10 amide bonds. The van der Waals surface area contributed by atoms with E-state index in [4.69, 9.17) is 34.1 Å². The Kier molecular flexibility index (Phi) is 24.0. The number of methoxy groups -OCH3 is 2. The van der Waals surface area contributed by atoms with Gasteiger partial charge in [0.1, 0.15) is 11.4 Å². The van der Waals surface area contributed by atoms with Crippen LogP contribution in [0.1, 0.15) is 117 Å². The number of carbonyl (C=O) groups excluding carboxylic acids is 11. The number of fused-ring (bicyclic) bond motifs is 8. The Hall–Kier alpha value is -13.6. The standard InChI is InChI=1S/C40H38N6O9.C36H35N5O7.C4H5NO3/c1-44-23-26(19-32(44)39(51)41-16-15-38(50)55-46-36(48)13-14-37(46)49)24-9-11-27(12-10-24)43-35(47)8-5-17-54-34-21-30-29(20-33(34)53-2)40(52)45-28(22-42-30)18-25-6-3-4-7-31(25)45;1-40-21-24(17-30(40)35(45)37-14-13-34(43)44)22-9-11-25(12-10-22)39-33(42)8-5-15-48-32-19-28-27(18-31(32)47-2)36(46)41-26(20-38-28)16-23-6-3-4-7-29(23)41;6-3-1-2-4(7)5(3)8/h3-4,6-7,9-12,19-23,28H,5,8,13-18H2,1-2H3,(H,41,51)(H,43,47);3-4,6-7,9-12,17-21,26H,5,8,13-16H2,1-2H3,(H,37,45)(H,39,42)(H,43,44);8H,1-2H2/t28-;26-;/m00./s1. The van der Waals surface area contributed by atoms with Crippen LogP contribution in [0.2, 0.25) is 0 Å². The Morgan fingerprint density at radius 1 is 0.495 bits per heavy atom. The molecule has 2 saturated heterocycles. The summed E-state index contributed by atoms with van der Waals surface area (Å²) in [5.74, 6) is -3.67. The third-order valence-corrected chi connectivity index (χ3v) is 18.8. The summed E-state index contributed by atoms with van der Waals surface area (Å²) in [4.78, 5) is 162. The van der Waals surface area contributed by atoms with Gasteiger partial charge in [-0.25, -0.2) is 4.79 Å². The number of carboxylic acids is 1. The Balaban J connectivity index is 0.000000188. The SMILES string of the molecule is COc1cc2c(cc1OCCCC(=O)Nc1ccc(-c3cc(C(=O)NCCC(=O)O)n(C)c3)cc1)N=C[C@@H]1Cc3ccccc3N1C2=O.COc1cc2c(cc1OCCCC(=O)Nc1ccc(-c3cc(C(=O)NCCC(=O)ON4C(=O)CCC4=O)n(C)c3)cc1)N=C[C@@H]1Cc3ccccc3N1C2=O.O=C1CCC(=O)N1O. The fraction of sp³-hybridized carbons (Fsp3) is 0.275. The molecular weight excluding hydrogens is 1430 g/mol. The second kappa shape index (κ2) is 34.5. The van der Waals surface area contributed by atoms with Crippen LogP contribution < -0.4 is 50.0 Å². The van der Waals surface area contributed by atoms with E-state index in [1.807, 2.05) is 79.0 Å². The van der Waals surface area contributed by atoms with Crippen LogP contribution >= 0.6 is 0 Å². The van der Waals surface area contributed by atoms with Crippen LogP contribution in [-0.2, 0) is 70.1 Å². The Morgan fingerprint density at radius 2 is 0.910 bits per heavy atom. The highest BCUT2D eigenvalue weighted by molar-refractivity contribution is 6.16. The predicted molar refractivity (Wildman–Crippen MR) is 404 cm³/mol. The van der Waals surface area contributed by atoms with Crippen molar-refractivity contribution in [1.29, 1.82) is 0 Å². The number of benzene rings is 6. The van der Waals surface area contributed by atoms with Gasteiger partial charge in [0.25, 0.3) is 47.3 Å². The zero-order valence-corrected chi connectivity index (χ0v) is 60.9. The lowest BCUT2D eigenvalue weighted by atomic mass is 10.1. The quantitative estimate of drug-likeness (QED) is 0.0176. The molecule has 14 rings (SSSR count). The Bertz CT molecular complexity index is 5030. The molecule has 0 unspecified atom stereocenters. The first-order valence-electron chi connectivity index (χ1n) is 35.7. The number of para-hydroxylation sites is 2. The molecule has 8 heterocycles. The number of rotatable bonds is 25. The smallest absolute Gasteiger partial charge is 0.334 e. The summed E-state index contributed by atoms with van der Waals surface area (Å²) < 4.78 is 26.4. The Labute approximate surface area is 635 Å². The maximum atomic E-state index is 13.6. The summed E-state index contributed by atoms with van der Waals surface area (Å²) in [7, 11) is 6.49. The third kappa shape index (κ3) is 18.0. The molecule has 31 nitrogen and oxygen atoms in total. The van der Waals surface area contributed by atoms with Gasteiger partial charge in [-0.2, -0.15) is 5.06 Å². The second-order valence-corrected chi connectivity index (χ2v) is 26.4. The van der Waals surface area contributed by atoms with Crippen molar-refractivity contribution in [2.75, 3.05) is 61.0 Å². The highest BCUT2D eigenvalue weighted by Gasteiger charge is 2.39. The lowest BCUT2D eigenvalue weighted by molar-refractivity contribution is -0.197. The van der Waals surface area contributed by atoms with Crippen molar-refractivity contribution in [3.63, 3.8) is 0 Å². The van der Waals surface area contributed by atoms with Crippen LogP contribution in [0.5, 0.6) is 23.0 Å². The highest BCUT2D eigenvalue weighted by Crippen LogP contribution is 2.43. The number of nitrogens with zero attached hydrogens (tertiary/aromatic N) is 8. The van der Waals surface area contributed by atoms with Crippen molar-refractivity contribution in [3.8, 4) is 45.3 Å². The number of amides is 10. The molecule has 6 N–H and O–H groups in total. The molecule has 0 radical (unpaired) electrons. The van der Waals surface area contributed by atoms with Crippen LogP contribution in [0, 0.1) is 0 Å². The number of anilines is 4. The molecule has 0 spiro atoms. The molecule has 6 aliphatic rings. The lowest BCUT2D eigenvalue weighted by Gasteiger charge is -2.22. The molecule has 31 heteroatoms. The van der Waals surface area contributed by atoms with Crippen LogP contribution in [-0.4, -0.2) is 166 Å². The summed E-state index contributed by atoms with van der Waals surface area (Å²) in [6.45, 7) is 0.478. The molecule has 6 aromatic carbocycles. The van der Waals surface area contributed by atoms with Gasteiger partial charge in [-0.1, -0.05) is 60.7 Å². The lowest BCUT2D eigenvalue weighted by Crippen LogP contribution is -2.37. The number of imide groups is 2. The summed E-state index contributed by atoms with van der Waals surface area (Å²) in [5, 5.41) is 28.8. The molecule has 0 bridgehead atoms. The van der Waals surface area contributed by atoms with Gasteiger partial charge in [0.2, 0.25) is 11.8 Å². The van der Waals surface area contributed by atoms with E-state index in [-0.39, 0.29) is 124 Å². The molecule has 572 valence electrons. The van der Waals surface area contributed by atoms with Crippen LogP contribution in [0.3, 0.4) is 0 Å². The number of aromatic nitrogens is 2. The zero-order valence-electron chi connectivity index (χ0n) is 60.9. The first kappa shape index (κ1) is 77.0. The van der Waals surface area contributed by atoms with Gasteiger partial charge in [-0.15, -0.1) is 5.06 Å². The van der Waals surface area contributed by atoms with Gasteiger partial charge >= 0.3 is 11.9 Å². The number of aliphatic carboxylic acids is 1. The van der Waals surface area contributed by atoms with E-state index in [2.05, 4.69) is 31.3 Å². The Morgan fingerprint density at radius 3 is 1.32 bits per heavy atom. The van der Waals surface area contributed by atoms with Crippen LogP contribution in [0.15, 0.2) is 156 Å². The minimum absolute atomic E-state index is 0.0000549. The molecule has 6 aliphatic heterocycles. The average molecular weight is 1510 g/mol. The number of ether oxygens (including phenoxy) is 4. The highest BCUT2D eigenvalue weighted by atomic mass is 16.7. The van der Waals surface area contributed by atoms with E-state index in [0.717, 1.165) is 44.8 Å². The molecule has 111 heavy (non-hydrogen) atoms. The van der Waals surface area contributed by atoms with Crippen molar-refractivity contribution in [2.45, 2.75) is 89.1 Å². The van der Waals surface area contributed by atoms with Crippen LogP contribution in [0.4, 0.5) is 34.1 Å². The topological polar surface area (TPSA) is 387 Å². The number of carbonyl (C=O) groups is 12. The van der Waals surface area contributed by atoms with E-state index >= 15 is 0 Å². The number of hydrogen-bond acceptors (Lipinski definition) is 20. The molecule has 8 aromatic rings. The van der Waals surface area contributed by atoms with Gasteiger partial charge in [-0.3, -0.25) is 77.7 Å². The summed E-state index contributed by atoms with van der Waals surface area (Å²) in [5.41, 5.74) is 11.1. The molecule has 0 aliphatic carbocycles. The van der Waals surface area contributed by atoms with Crippen molar-refractivity contribution in [2.24, 2.45) is 24.1 Å². The van der Waals surface area contributed by atoms with E-state index in [0.29, 0.717) is 99.0 Å². The van der Waals surface area contributed by atoms with Crippen molar-refractivity contribution >= 4 is 118 Å². The first-order chi connectivity index (χ1) is 53.5. The van der Waals surface area contributed by atoms with Crippen LogP contribution in [0.25, 0.3) is 22.3 Å². The van der Waals surface area contributed by atoms with Gasteiger partial charge < -0.3 is 59.3 Å². The van der Waals surface area contributed by atoms with Gasteiger partial charge in [0, 0.05) is 149 Å². The largest absolute Gasteiger partial charge is 0.493 e. The van der Waals surface area contributed by atoms with E-state index < -0.39 is 41.5 Å².